The van der Waals surface area contributed by atoms with Crippen LogP contribution in [-0.2, 0) is 0 Å². The van der Waals surface area contributed by atoms with E-state index in [0.717, 1.165) is 15.8 Å². The Kier molecular flexibility index (Phi) is 3.41. The van der Waals surface area contributed by atoms with E-state index >= 15 is 0 Å². The maximum Gasteiger partial charge on any atom is 0.101 e. The lowest BCUT2D eigenvalue weighted by Crippen LogP contribution is -1.93. The highest BCUT2D eigenvalue weighted by Gasteiger charge is 2.03. The van der Waals surface area contributed by atoms with Crippen LogP contribution in [0.2, 0.25) is 0 Å². The lowest BCUT2D eigenvalue weighted by Gasteiger charge is -2.09. The predicted molar refractivity (Wildman–Crippen MR) is 86.1 cm³/mol. The van der Waals surface area contributed by atoms with Crippen LogP contribution in [0.15, 0.2) is 65.1 Å². The summed E-state index contributed by atoms with van der Waals surface area (Å²) < 4.78 is 0.901. The zero-order valence-corrected chi connectivity index (χ0v) is 12.2. The molecule has 3 heteroatoms. The summed E-state index contributed by atoms with van der Waals surface area (Å²) in [6, 6.07) is 22.2. The molecule has 0 aliphatic carbocycles. The SMILES string of the molecule is N#Cc1cc(Br)ccc1Nc1ccc2ccccc2c1. The fraction of sp³-hybridized carbons (Fsp3) is 0. The van der Waals surface area contributed by atoms with Gasteiger partial charge in [0.15, 0.2) is 0 Å². The van der Waals surface area contributed by atoms with Crippen LogP contribution in [0.4, 0.5) is 11.4 Å². The third kappa shape index (κ3) is 2.52. The molecule has 0 saturated carbocycles. The highest BCUT2D eigenvalue weighted by Crippen LogP contribution is 2.26. The first-order valence-corrected chi connectivity index (χ1v) is 7.01. The number of anilines is 2. The van der Waals surface area contributed by atoms with E-state index in [2.05, 4.69) is 51.6 Å². The zero-order valence-electron chi connectivity index (χ0n) is 10.6. The van der Waals surface area contributed by atoms with Gasteiger partial charge in [0.2, 0.25) is 0 Å². The van der Waals surface area contributed by atoms with Crippen molar-refractivity contribution in [2.24, 2.45) is 0 Å². The van der Waals surface area contributed by atoms with Crippen LogP contribution in [0.1, 0.15) is 5.56 Å². The number of nitriles is 1. The Bertz CT molecular complexity index is 819. The van der Waals surface area contributed by atoms with Crippen LogP contribution in [0.3, 0.4) is 0 Å². The minimum atomic E-state index is 0.618. The summed E-state index contributed by atoms with van der Waals surface area (Å²) in [6.07, 6.45) is 0. The van der Waals surface area contributed by atoms with Crippen molar-refractivity contribution in [1.82, 2.24) is 0 Å². The predicted octanol–water partition coefficient (Wildman–Crippen LogP) is 5.22. The molecule has 0 saturated heterocycles. The minimum absolute atomic E-state index is 0.618. The molecular formula is C17H11BrN2. The summed E-state index contributed by atoms with van der Waals surface area (Å²) in [5.41, 5.74) is 2.40. The van der Waals surface area contributed by atoms with Gasteiger partial charge in [0.05, 0.1) is 11.3 Å². The molecule has 3 aromatic carbocycles. The van der Waals surface area contributed by atoms with Crippen molar-refractivity contribution in [1.29, 1.82) is 5.26 Å². The van der Waals surface area contributed by atoms with Crippen molar-refractivity contribution in [3.05, 3.63) is 70.7 Å². The molecule has 0 spiro atoms. The Labute approximate surface area is 125 Å². The van der Waals surface area contributed by atoms with Gasteiger partial charge in [-0.15, -0.1) is 0 Å². The molecule has 0 aromatic heterocycles. The smallest absolute Gasteiger partial charge is 0.101 e. The fourth-order valence-corrected chi connectivity index (χ4v) is 2.50. The van der Waals surface area contributed by atoms with E-state index < -0.39 is 0 Å². The van der Waals surface area contributed by atoms with Gasteiger partial charge in [-0.2, -0.15) is 5.26 Å². The van der Waals surface area contributed by atoms with Crippen molar-refractivity contribution >= 4 is 38.1 Å². The van der Waals surface area contributed by atoms with Crippen LogP contribution in [0.5, 0.6) is 0 Å². The third-order valence-electron chi connectivity index (χ3n) is 3.13. The second kappa shape index (κ2) is 5.36. The number of nitrogens with zero attached hydrogens (tertiary/aromatic N) is 1. The molecule has 0 bridgehead atoms. The van der Waals surface area contributed by atoms with Gasteiger partial charge in [0, 0.05) is 10.2 Å². The van der Waals surface area contributed by atoms with Crippen molar-refractivity contribution in [2.45, 2.75) is 0 Å². The summed E-state index contributed by atoms with van der Waals surface area (Å²) in [6.45, 7) is 0. The van der Waals surface area contributed by atoms with Gasteiger partial charge in [0.25, 0.3) is 0 Å². The van der Waals surface area contributed by atoms with E-state index in [9.17, 15) is 5.26 Å². The topological polar surface area (TPSA) is 35.8 Å². The van der Waals surface area contributed by atoms with Gasteiger partial charge in [-0.3, -0.25) is 0 Å². The van der Waals surface area contributed by atoms with Gasteiger partial charge >= 0.3 is 0 Å². The molecule has 20 heavy (non-hydrogen) atoms. The number of halogens is 1. The number of fused-ring (bicyclic) bond motifs is 1. The Morgan fingerprint density at radius 2 is 1.70 bits per heavy atom. The van der Waals surface area contributed by atoms with Gasteiger partial charge in [-0.25, -0.2) is 0 Å². The van der Waals surface area contributed by atoms with Crippen LogP contribution in [-0.4, -0.2) is 0 Å². The molecule has 0 radical (unpaired) electrons. The molecule has 0 atom stereocenters. The van der Waals surface area contributed by atoms with E-state index in [-0.39, 0.29) is 0 Å². The minimum Gasteiger partial charge on any atom is -0.354 e. The average molecular weight is 323 g/mol. The molecule has 0 amide bonds. The maximum absolute atomic E-state index is 9.18. The Morgan fingerprint density at radius 3 is 2.50 bits per heavy atom. The largest absolute Gasteiger partial charge is 0.354 e. The number of rotatable bonds is 2. The van der Waals surface area contributed by atoms with Gasteiger partial charge in [-0.1, -0.05) is 46.3 Å². The zero-order chi connectivity index (χ0) is 13.9. The van der Waals surface area contributed by atoms with Crippen molar-refractivity contribution < 1.29 is 0 Å². The monoisotopic (exact) mass is 322 g/mol. The molecule has 0 heterocycles. The number of benzene rings is 3. The molecule has 96 valence electrons. The van der Waals surface area contributed by atoms with E-state index in [0.29, 0.717) is 5.56 Å². The second-order valence-corrected chi connectivity index (χ2v) is 5.40. The average Bonchev–Trinajstić information content (AvgIpc) is 2.49. The molecule has 0 aliphatic heterocycles. The first-order valence-electron chi connectivity index (χ1n) is 6.22. The Balaban J connectivity index is 1.99. The van der Waals surface area contributed by atoms with Crippen molar-refractivity contribution in [2.75, 3.05) is 5.32 Å². The summed E-state index contributed by atoms with van der Waals surface area (Å²) in [5.74, 6) is 0. The Morgan fingerprint density at radius 1 is 0.900 bits per heavy atom. The molecule has 0 unspecified atom stereocenters. The van der Waals surface area contributed by atoms with Crippen LogP contribution >= 0.6 is 15.9 Å². The molecule has 0 aliphatic rings. The summed E-state index contributed by atoms with van der Waals surface area (Å²) in [7, 11) is 0. The number of hydrogen-bond donors (Lipinski definition) is 1. The second-order valence-electron chi connectivity index (χ2n) is 4.49. The number of hydrogen-bond acceptors (Lipinski definition) is 2. The van der Waals surface area contributed by atoms with E-state index in [1.54, 1.807) is 0 Å². The summed E-state index contributed by atoms with van der Waals surface area (Å²) >= 11 is 3.38. The maximum atomic E-state index is 9.18. The third-order valence-corrected chi connectivity index (χ3v) is 3.62. The number of nitrogens with one attached hydrogen (secondary N) is 1. The normalized spacial score (nSPS) is 10.2. The summed E-state index contributed by atoms with van der Waals surface area (Å²) in [4.78, 5) is 0. The van der Waals surface area contributed by atoms with Crippen molar-refractivity contribution in [3.8, 4) is 6.07 Å². The van der Waals surface area contributed by atoms with Gasteiger partial charge in [0.1, 0.15) is 6.07 Å². The quantitative estimate of drug-likeness (QED) is 0.702. The lowest BCUT2D eigenvalue weighted by molar-refractivity contribution is 1.45. The molecule has 2 nitrogen and oxygen atoms in total. The molecular weight excluding hydrogens is 312 g/mol. The lowest BCUT2D eigenvalue weighted by atomic mass is 10.1. The molecule has 1 N–H and O–H groups in total. The van der Waals surface area contributed by atoms with Crippen LogP contribution in [0, 0.1) is 11.3 Å². The Hall–Kier alpha value is -2.31. The standard InChI is InChI=1S/C17H11BrN2/c18-15-6-8-17(14(9-15)11-19)20-16-7-5-12-3-1-2-4-13(12)10-16/h1-10,20H. The fourth-order valence-electron chi connectivity index (χ4n) is 2.14. The van der Waals surface area contributed by atoms with E-state index in [1.165, 1.54) is 10.8 Å². The summed E-state index contributed by atoms with van der Waals surface area (Å²) in [5, 5.41) is 14.9. The van der Waals surface area contributed by atoms with Crippen molar-refractivity contribution in [3.63, 3.8) is 0 Å². The van der Waals surface area contributed by atoms with E-state index in [4.69, 9.17) is 0 Å². The van der Waals surface area contributed by atoms with Gasteiger partial charge < -0.3 is 5.32 Å². The highest BCUT2D eigenvalue weighted by atomic mass is 79.9. The molecule has 0 fully saturated rings. The van der Waals surface area contributed by atoms with Crippen LogP contribution < -0.4 is 5.32 Å². The first-order chi connectivity index (χ1) is 9.76. The van der Waals surface area contributed by atoms with E-state index in [1.807, 2.05) is 36.4 Å². The molecule has 3 aromatic rings. The van der Waals surface area contributed by atoms with Gasteiger partial charge in [-0.05, 0) is 41.1 Å². The van der Waals surface area contributed by atoms with Crippen LogP contribution in [0.25, 0.3) is 10.8 Å². The molecule has 3 rings (SSSR count). The highest BCUT2D eigenvalue weighted by molar-refractivity contribution is 9.10. The first kappa shape index (κ1) is 12.7.